The monoisotopic (exact) mass is 462 g/mol. The molecule has 1 unspecified atom stereocenters. The van der Waals surface area contributed by atoms with Crippen LogP contribution in [0.4, 0.5) is 5.69 Å². The highest BCUT2D eigenvalue weighted by Crippen LogP contribution is 2.29. The maximum absolute atomic E-state index is 12.7. The third-order valence-corrected chi connectivity index (χ3v) is 6.17. The van der Waals surface area contributed by atoms with Gasteiger partial charge in [-0.05, 0) is 31.7 Å². The quantitative estimate of drug-likeness (QED) is 0.680. The van der Waals surface area contributed by atoms with Crippen LogP contribution < -0.4 is 5.32 Å². The lowest BCUT2D eigenvalue weighted by Gasteiger charge is -2.38. The maximum Gasteiger partial charge on any atom is 0.238 e. The van der Waals surface area contributed by atoms with Crippen molar-refractivity contribution in [3.63, 3.8) is 0 Å². The Hall–Kier alpha value is -2.12. The first-order valence-electron chi connectivity index (χ1n) is 10.3. The van der Waals surface area contributed by atoms with E-state index in [0.29, 0.717) is 34.9 Å². The van der Waals surface area contributed by atoms with Crippen molar-refractivity contribution in [3.05, 3.63) is 64.1 Å². The third-order valence-electron chi connectivity index (χ3n) is 5.54. The molecule has 31 heavy (non-hydrogen) atoms. The Morgan fingerprint density at radius 1 is 0.968 bits per heavy atom. The molecular weight excluding hydrogens is 435 g/mol. The van der Waals surface area contributed by atoms with Crippen LogP contribution >= 0.6 is 23.2 Å². The number of nitrogens with zero attached hydrogens (tertiary/aromatic N) is 3. The molecule has 2 aromatic carbocycles. The molecule has 1 saturated heterocycles. The first-order chi connectivity index (χ1) is 14.8. The fraction of sp³-hybridized carbons (Fsp3) is 0.391. The zero-order valence-corrected chi connectivity index (χ0v) is 19.4. The number of benzene rings is 2. The average Bonchev–Trinajstić information content (AvgIpc) is 2.76. The van der Waals surface area contributed by atoms with Crippen molar-refractivity contribution < 1.29 is 9.59 Å². The number of likely N-dealkylation sites (N-methyl/N-ethyl adjacent to an activating group) is 1. The van der Waals surface area contributed by atoms with E-state index in [9.17, 15) is 9.59 Å². The summed E-state index contributed by atoms with van der Waals surface area (Å²) < 4.78 is 0. The number of piperazine rings is 1. The van der Waals surface area contributed by atoms with Gasteiger partial charge in [0.1, 0.15) is 0 Å². The van der Waals surface area contributed by atoms with Crippen LogP contribution in [-0.2, 0) is 9.59 Å². The number of carbonyl (C=O) groups is 2. The minimum Gasteiger partial charge on any atom is -0.339 e. The van der Waals surface area contributed by atoms with Crippen molar-refractivity contribution in [3.8, 4) is 0 Å². The molecule has 1 aliphatic rings. The van der Waals surface area contributed by atoms with E-state index in [1.165, 1.54) is 5.56 Å². The van der Waals surface area contributed by atoms with Gasteiger partial charge in [-0.25, -0.2) is 0 Å². The summed E-state index contributed by atoms with van der Waals surface area (Å²) in [7, 11) is 1.75. The number of halogens is 2. The lowest BCUT2D eigenvalue weighted by Crippen LogP contribution is -2.51. The SMILES string of the molecule is CC(c1ccccc1)N1CCN(C(=O)CN(C)CC(=O)Nc2c(Cl)cccc2Cl)CC1. The van der Waals surface area contributed by atoms with Crippen LogP contribution in [-0.4, -0.2) is 72.8 Å². The highest BCUT2D eigenvalue weighted by Gasteiger charge is 2.25. The fourth-order valence-electron chi connectivity index (χ4n) is 3.73. The number of amides is 2. The topological polar surface area (TPSA) is 55.9 Å². The Labute approximate surface area is 193 Å². The highest BCUT2D eigenvalue weighted by molar-refractivity contribution is 6.39. The van der Waals surface area contributed by atoms with E-state index in [2.05, 4.69) is 41.4 Å². The standard InChI is InChI=1S/C23H28Cl2N4O2/c1-17(18-7-4-3-5-8-18)28-11-13-29(14-12-28)22(31)16-27(2)15-21(30)26-23-19(24)9-6-10-20(23)25/h3-10,17H,11-16H2,1-2H3,(H,26,30). The Balaban J connectivity index is 1.44. The second-order valence-electron chi connectivity index (χ2n) is 7.82. The summed E-state index contributed by atoms with van der Waals surface area (Å²) in [4.78, 5) is 31.0. The zero-order chi connectivity index (χ0) is 22.4. The molecule has 0 aromatic heterocycles. The third kappa shape index (κ3) is 6.43. The van der Waals surface area contributed by atoms with Gasteiger partial charge in [-0.2, -0.15) is 0 Å². The van der Waals surface area contributed by atoms with Crippen molar-refractivity contribution >= 4 is 40.7 Å². The second kappa shape index (κ2) is 11.0. The summed E-state index contributed by atoms with van der Waals surface area (Å²) in [5.74, 6) is -0.245. The predicted molar refractivity (Wildman–Crippen MR) is 126 cm³/mol. The van der Waals surface area contributed by atoms with Gasteiger partial charge < -0.3 is 10.2 Å². The molecule has 1 N–H and O–H groups in total. The molecule has 166 valence electrons. The first kappa shape index (κ1) is 23.5. The van der Waals surface area contributed by atoms with Gasteiger partial charge in [-0.1, -0.05) is 59.6 Å². The molecule has 2 aromatic rings. The highest BCUT2D eigenvalue weighted by atomic mass is 35.5. The predicted octanol–water partition coefficient (Wildman–Crippen LogP) is 3.77. The lowest BCUT2D eigenvalue weighted by atomic mass is 10.1. The van der Waals surface area contributed by atoms with Crippen LogP contribution in [0.1, 0.15) is 18.5 Å². The van der Waals surface area contributed by atoms with Gasteiger partial charge in [0.15, 0.2) is 0 Å². The van der Waals surface area contributed by atoms with Crippen molar-refractivity contribution in [1.82, 2.24) is 14.7 Å². The van der Waals surface area contributed by atoms with Crippen LogP contribution in [0.2, 0.25) is 10.0 Å². The summed E-state index contributed by atoms with van der Waals surface area (Å²) in [6.45, 7) is 5.48. The summed E-state index contributed by atoms with van der Waals surface area (Å²) >= 11 is 12.2. The Kier molecular flexibility index (Phi) is 8.32. The van der Waals surface area contributed by atoms with E-state index in [0.717, 1.165) is 13.1 Å². The summed E-state index contributed by atoms with van der Waals surface area (Å²) in [6, 6.07) is 15.8. The van der Waals surface area contributed by atoms with Crippen LogP contribution in [0.3, 0.4) is 0 Å². The van der Waals surface area contributed by atoms with Crippen molar-refractivity contribution in [2.24, 2.45) is 0 Å². The van der Waals surface area contributed by atoms with Gasteiger partial charge in [0.2, 0.25) is 11.8 Å². The van der Waals surface area contributed by atoms with E-state index in [1.807, 2.05) is 11.0 Å². The molecule has 0 bridgehead atoms. The number of nitrogens with one attached hydrogen (secondary N) is 1. The lowest BCUT2D eigenvalue weighted by molar-refractivity contribution is -0.134. The second-order valence-corrected chi connectivity index (χ2v) is 8.63. The molecule has 6 nitrogen and oxygen atoms in total. The summed E-state index contributed by atoms with van der Waals surface area (Å²) in [5, 5.41) is 3.47. The van der Waals surface area contributed by atoms with Gasteiger partial charge in [0.25, 0.3) is 0 Å². The Morgan fingerprint density at radius 2 is 1.58 bits per heavy atom. The molecule has 8 heteroatoms. The largest absolute Gasteiger partial charge is 0.339 e. The minimum absolute atomic E-state index is 0.0260. The Bertz CT molecular complexity index is 881. The number of hydrogen-bond acceptors (Lipinski definition) is 4. The number of para-hydroxylation sites is 1. The molecule has 1 fully saturated rings. The number of anilines is 1. The normalized spacial score (nSPS) is 15.7. The van der Waals surface area contributed by atoms with Crippen molar-refractivity contribution in [2.45, 2.75) is 13.0 Å². The maximum atomic E-state index is 12.7. The van der Waals surface area contributed by atoms with E-state index in [4.69, 9.17) is 23.2 Å². The van der Waals surface area contributed by atoms with Crippen LogP contribution in [0.5, 0.6) is 0 Å². The number of rotatable bonds is 7. The van der Waals surface area contributed by atoms with Crippen LogP contribution in [0.25, 0.3) is 0 Å². The molecule has 1 aliphatic heterocycles. The van der Waals surface area contributed by atoms with E-state index in [-0.39, 0.29) is 24.9 Å². The van der Waals surface area contributed by atoms with Gasteiger partial charge in [0.05, 0.1) is 28.8 Å². The molecule has 0 aliphatic carbocycles. The average molecular weight is 463 g/mol. The number of hydrogen-bond donors (Lipinski definition) is 1. The molecule has 0 spiro atoms. The van der Waals surface area contributed by atoms with Crippen molar-refractivity contribution in [2.75, 3.05) is 51.6 Å². The molecule has 0 radical (unpaired) electrons. The van der Waals surface area contributed by atoms with Gasteiger partial charge in [-0.15, -0.1) is 0 Å². The first-order valence-corrected chi connectivity index (χ1v) is 11.1. The van der Waals surface area contributed by atoms with Crippen LogP contribution in [0.15, 0.2) is 48.5 Å². The molecule has 3 rings (SSSR count). The number of carbonyl (C=O) groups excluding carboxylic acids is 2. The molecule has 2 amide bonds. The molecule has 1 heterocycles. The summed E-state index contributed by atoms with van der Waals surface area (Å²) in [5.41, 5.74) is 1.67. The van der Waals surface area contributed by atoms with Gasteiger partial charge in [0, 0.05) is 32.2 Å². The molecule has 0 saturated carbocycles. The van der Waals surface area contributed by atoms with Gasteiger partial charge >= 0.3 is 0 Å². The zero-order valence-electron chi connectivity index (χ0n) is 17.9. The van der Waals surface area contributed by atoms with E-state index >= 15 is 0 Å². The summed E-state index contributed by atoms with van der Waals surface area (Å²) in [6.07, 6.45) is 0. The van der Waals surface area contributed by atoms with E-state index in [1.54, 1.807) is 30.1 Å². The van der Waals surface area contributed by atoms with E-state index < -0.39 is 0 Å². The molecular formula is C23H28Cl2N4O2. The van der Waals surface area contributed by atoms with Crippen LogP contribution in [0, 0.1) is 0 Å². The smallest absolute Gasteiger partial charge is 0.238 e. The van der Waals surface area contributed by atoms with Gasteiger partial charge in [-0.3, -0.25) is 19.4 Å². The Morgan fingerprint density at radius 3 is 2.19 bits per heavy atom. The molecule has 1 atom stereocenters. The fourth-order valence-corrected chi connectivity index (χ4v) is 4.22. The van der Waals surface area contributed by atoms with Crippen molar-refractivity contribution in [1.29, 1.82) is 0 Å². The minimum atomic E-state index is -0.271.